The standard InChI is InChI=1S/C22H36OSi/c1-18(2)12-13-22(19-8-10-20(23)11-9-19)14-16-24(17-15-22)21-6-4-3-5-7-21/h3-7,18-20,23-24H,8-17H2,1-2H3. The van der Waals surface area contributed by atoms with Crippen LogP contribution in [0.4, 0.5) is 0 Å². The van der Waals surface area contributed by atoms with Crippen molar-refractivity contribution in [2.45, 2.75) is 83.4 Å². The number of aliphatic hydroxyl groups is 1. The summed E-state index contributed by atoms with van der Waals surface area (Å²) in [6.45, 7) is 4.76. The predicted molar refractivity (Wildman–Crippen MR) is 107 cm³/mol. The predicted octanol–water partition coefficient (Wildman–Crippen LogP) is 4.89. The van der Waals surface area contributed by atoms with Crippen molar-refractivity contribution in [2.24, 2.45) is 17.3 Å². The lowest BCUT2D eigenvalue weighted by molar-refractivity contribution is 0.0324. The lowest BCUT2D eigenvalue weighted by Crippen LogP contribution is -2.43. The molecule has 2 aliphatic rings. The van der Waals surface area contributed by atoms with E-state index in [1.54, 1.807) is 5.19 Å². The van der Waals surface area contributed by atoms with Crippen LogP contribution in [0.25, 0.3) is 0 Å². The van der Waals surface area contributed by atoms with Crippen LogP contribution in [0.2, 0.25) is 12.1 Å². The molecule has 0 amide bonds. The van der Waals surface area contributed by atoms with Gasteiger partial charge in [0.1, 0.15) is 0 Å². The zero-order valence-corrected chi connectivity index (χ0v) is 16.9. The summed E-state index contributed by atoms with van der Waals surface area (Å²) in [7, 11) is -0.732. The molecule has 0 radical (unpaired) electrons. The molecule has 1 aliphatic heterocycles. The number of benzene rings is 1. The normalized spacial score (nSPS) is 34.4. The van der Waals surface area contributed by atoms with Crippen molar-refractivity contribution < 1.29 is 5.11 Å². The zero-order chi connectivity index (χ0) is 17.0. The summed E-state index contributed by atoms with van der Waals surface area (Å²) in [6.07, 6.45) is 10.4. The molecule has 1 saturated carbocycles. The Kier molecular flexibility index (Phi) is 6.20. The molecule has 1 N–H and O–H groups in total. The molecule has 0 aromatic heterocycles. The average molecular weight is 345 g/mol. The largest absolute Gasteiger partial charge is 0.393 e. The molecule has 0 spiro atoms. The van der Waals surface area contributed by atoms with E-state index in [1.165, 1.54) is 50.6 Å². The summed E-state index contributed by atoms with van der Waals surface area (Å²) in [5, 5.41) is 11.6. The van der Waals surface area contributed by atoms with Crippen molar-refractivity contribution in [3.8, 4) is 0 Å². The Balaban J connectivity index is 1.68. The maximum Gasteiger partial charge on any atom is 0.0708 e. The summed E-state index contributed by atoms with van der Waals surface area (Å²) < 4.78 is 0. The number of hydrogen-bond donors (Lipinski definition) is 1. The van der Waals surface area contributed by atoms with Crippen molar-refractivity contribution in [2.75, 3.05) is 0 Å². The van der Waals surface area contributed by atoms with Gasteiger partial charge in [-0.25, -0.2) is 0 Å². The van der Waals surface area contributed by atoms with E-state index in [4.69, 9.17) is 0 Å². The van der Waals surface area contributed by atoms with Gasteiger partial charge in [0.25, 0.3) is 0 Å². The molecular formula is C22H36OSi. The molecule has 134 valence electrons. The molecule has 0 unspecified atom stereocenters. The van der Waals surface area contributed by atoms with Crippen molar-refractivity contribution in [1.82, 2.24) is 0 Å². The monoisotopic (exact) mass is 344 g/mol. The maximum atomic E-state index is 9.92. The van der Waals surface area contributed by atoms with Crippen LogP contribution in [0.1, 0.15) is 65.2 Å². The first-order chi connectivity index (χ1) is 11.6. The summed E-state index contributed by atoms with van der Waals surface area (Å²) in [6, 6.07) is 14.4. The minimum Gasteiger partial charge on any atom is -0.393 e. The topological polar surface area (TPSA) is 20.2 Å². The molecule has 2 heteroatoms. The molecule has 3 rings (SSSR count). The van der Waals surface area contributed by atoms with Crippen LogP contribution in [-0.4, -0.2) is 20.0 Å². The Hall–Kier alpha value is -0.603. The highest BCUT2D eigenvalue weighted by Crippen LogP contribution is 2.51. The molecule has 1 saturated heterocycles. The SMILES string of the molecule is CC(C)CCC1(C2CCC(O)CC2)CC[SiH](c2ccccc2)CC1. The number of aliphatic hydroxyl groups excluding tert-OH is 1. The van der Waals surface area contributed by atoms with Crippen molar-refractivity contribution in [1.29, 1.82) is 0 Å². The van der Waals surface area contributed by atoms with Gasteiger partial charge in [0.15, 0.2) is 0 Å². The lowest BCUT2D eigenvalue weighted by atomic mass is 9.62. The van der Waals surface area contributed by atoms with E-state index in [0.29, 0.717) is 5.41 Å². The zero-order valence-electron chi connectivity index (χ0n) is 15.7. The smallest absolute Gasteiger partial charge is 0.0708 e. The van der Waals surface area contributed by atoms with Crippen LogP contribution in [0.3, 0.4) is 0 Å². The molecule has 1 heterocycles. The van der Waals surface area contributed by atoms with E-state index in [1.807, 2.05) is 0 Å². The van der Waals surface area contributed by atoms with E-state index >= 15 is 0 Å². The second-order valence-corrected chi connectivity index (χ2v) is 12.2. The highest BCUT2D eigenvalue weighted by Gasteiger charge is 2.42. The number of rotatable bonds is 5. The van der Waals surface area contributed by atoms with Gasteiger partial charge in [-0.05, 0) is 62.2 Å². The third-order valence-corrected chi connectivity index (χ3v) is 10.3. The summed E-state index contributed by atoms with van der Waals surface area (Å²) in [5.74, 6) is 1.70. The van der Waals surface area contributed by atoms with E-state index in [2.05, 4.69) is 44.2 Å². The fourth-order valence-electron chi connectivity index (χ4n) is 5.38. The van der Waals surface area contributed by atoms with Gasteiger partial charge in [-0.1, -0.05) is 67.9 Å². The van der Waals surface area contributed by atoms with Gasteiger partial charge < -0.3 is 5.11 Å². The van der Waals surface area contributed by atoms with Gasteiger partial charge in [-0.3, -0.25) is 0 Å². The molecule has 1 nitrogen and oxygen atoms in total. The van der Waals surface area contributed by atoms with Gasteiger partial charge in [-0.15, -0.1) is 0 Å². The maximum absolute atomic E-state index is 9.92. The first kappa shape index (κ1) is 18.2. The fourth-order valence-corrected chi connectivity index (χ4v) is 8.95. The fraction of sp³-hybridized carbons (Fsp3) is 0.727. The van der Waals surface area contributed by atoms with Crippen LogP contribution in [0, 0.1) is 17.3 Å². The second kappa shape index (κ2) is 8.18. The molecule has 0 atom stereocenters. The second-order valence-electron chi connectivity index (χ2n) is 8.99. The third-order valence-electron chi connectivity index (χ3n) is 7.03. The molecule has 1 aromatic carbocycles. The number of hydrogen-bond acceptors (Lipinski definition) is 1. The highest BCUT2D eigenvalue weighted by molar-refractivity contribution is 6.73. The van der Waals surface area contributed by atoms with E-state index in [0.717, 1.165) is 24.7 Å². The van der Waals surface area contributed by atoms with E-state index in [-0.39, 0.29) is 6.10 Å². The van der Waals surface area contributed by atoms with Gasteiger partial charge >= 0.3 is 0 Å². The molecule has 24 heavy (non-hydrogen) atoms. The summed E-state index contributed by atoms with van der Waals surface area (Å²) >= 11 is 0. The Morgan fingerprint density at radius 1 is 1.04 bits per heavy atom. The van der Waals surface area contributed by atoms with Gasteiger partial charge in [0, 0.05) is 0 Å². The lowest BCUT2D eigenvalue weighted by Gasteiger charge is -2.48. The molecule has 2 fully saturated rings. The highest BCUT2D eigenvalue weighted by atomic mass is 28.3. The van der Waals surface area contributed by atoms with Crippen molar-refractivity contribution >= 4 is 14.0 Å². The quantitative estimate of drug-likeness (QED) is 0.754. The van der Waals surface area contributed by atoms with E-state index in [9.17, 15) is 5.11 Å². The average Bonchev–Trinajstić information content (AvgIpc) is 2.62. The Morgan fingerprint density at radius 3 is 2.25 bits per heavy atom. The Morgan fingerprint density at radius 2 is 1.67 bits per heavy atom. The molecule has 1 aromatic rings. The van der Waals surface area contributed by atoms with Crippen LogP contribution in [-0.2, 0) is 0 Å². The minimum absolute atomic E-state index is 0.0153. The molecule has 0 bridgehead atoms. The molecular weight excluding hydrogens is 308 g/mol. The molecule has 1 aliphatic carbocycles. The first-order valence-electron chi connectivity index (χ1n) is 10.3. The van der Waals surface area contributed by atoms with E-state index < -0.39 is 8.80 Å². The van der Waals surface area contributed by atoms with Crippen LogP contribution < -0.4 is 5.19 Å². The summed E-state index contributed by atoms with van der Waals surface area (Å²) in [4.78, 5) is 0. The van der Waals surface area contributed by atoms with Crippen LogP contribution in [0.5, 0.6) is 0 Å². The third kappa shape index (κ3) is 4.32. The van der Waals surface area contributed by atoms with Gasteiger partial charge in [0.05, 0.1) is 14.9 Å². The van der Waals surface area contributed by atoms with Gasteiger partial charge in [0.2, 0.25) is 0 Å². The van der Waals surface area contributed by atoms with Crippen molar-refractivity contribution in [3.05, 3.63) is 30.3 Å². The Labute approximate surface area is 150 Å². The van der Waals surface area contributed by atoms with Crippen LogP contribution >= 0.6 is 0 Å². The first-order valence-corrected chi connectivity index (χ1v) is 12.5. The summed E-state index contributed by atoms with van der Waals surface area (Å²) in [5.41, 5.74) is 0.600. The van der Waals surface area contributed by atoms with Crippen LogP contribution in [0.15, 0.2) is 30.3 Å². The van der Waals surface area contributed by atoms with Gasteiger partial charge in [-0.2, -0.15) is 0 Å². The van der Waals surface area contributed by atoms with Crippen molar-refractivity contribution in [3.63, 3.8) is 0 Å². The Bertz CT molecular complexity index is 482. The minimum atomic E-state index is -0.732.